The summed E-state index contributed by atoms with van der Waals surface area (Å²) in [5.41, 5.74) is 0. The molecule has 0 spiro atoms. The first-order chi connectivity index (χ1) is 7.27. The fraction of sp³-hybridized carbons (Fsp3) is 0.818. The second-order valence-corrected chi connectivity index (χ2v) is 4.73. The number of nitrogens with zero attached hydrogens (tertiary/aromatic N) is 3. The molecule has 1 fully saturated rings. The van der Waals surface area contributed by atoms with Crippen LogP contribution in [0.3, 0.4) is 0 Å². The molecule has 1 N–H and O–H groups in total. The molecule has 0 bridgehead atoms. The predicted octanol–water partition coefficient (Wildman–Crippen LogP) is 1.30. The van der Waals surface area contributed by atoms with Crippen molar-refractivity contribution in [2.24, 2.45) is 11.8 Å². The molecular formula is C11H20N4. The van der Waals surface area contributed by atoms with Crippen molar-refractivity contribution in [1.82, 2.24) is 20.3 Å². The summed E-state index contributed by atoms with van der Waals surface area (Å²) in [4.78, 5) is 0. The minimum absolute atomic E-state index is 0.688. The van der Waals surface area contributed by atoms with Crippen molar-refractivity contribution < 1.29 is 0 Å². The Balaban J connectivity index is 1.71. The summed E-state index contributed by atoms with van der Waals surface area (Å²) >= 11 is 0. The van der Waals surface area contributed by atoms with Gasteiger partial charge in [-0.2, -0.15) is 0 Å². The quantitative estimate of drug-likeness (QED) is 0.766. The van der Waals surface area contributed by atoms with Gasteiger partial charge in [-0.3, -0.25) is 4.68 Å². The van der Waals surface area contributed by atoms with E-state index in [1.54, 1.807) is 6.20 Å². The van der Waals surface area contributed by atoms with Gasteiger partial charge in [-0.1, -0.05) is 19.1 Å². The fourth-order valence-electron chi connectivity index (χ4n) is 2.10. The Hall–Kier alpha value is -0.900. The third-order valence-electron chi connectivity index (χ3n) is 3.04. The van der Waals surface area contributed by atoms with Gasteiger partial charge in [0.1, 0.15) is 0 Å². The topological polar surface area (TPSA) is 42.7 Å². The summed E-state index contributed by atoms with van der Waals surface area (Å²) in [6.07, 6.45) is 6.43. The first kappa shape index (κ1) is 10.6. The molecule has 0 aromatic carbocycles. The highest BCUT2D eigenvalue weighted by Gasteiger charge is 2.32. The number of nitrogens with one attached hydrogen (secondary N) is 1. The lowest BCUT2D eigenvalue weighted by atomic mass is 10.00. The van der Waals surface area contributed by atoms with Crippen LogP contribution in [0.5, 0.6) is 0 Å². The van der Waals surface area contributed by atoms with Gasteiger partial charge >= 0.3 is 0 Å². The standard InChI is InChI=1S/C11H20N4/c1-9(2)11(10-3-4-10)12-5-7-15-8-6-13-14-15/h6,8-12H,3-5,7H2,1-2H3. The maximum absolute atomic E-state index is 3.95. The summed E-state index contributed by atoms with van der Waals surface area (Å²) in [5, 5.41) is 11.4. The van der Waals surface area contributed by atoms with Crippen LogP contribution in [0.25, 0.3) is 0 Å². The van der Waals surface area contributed by atoms with E-state index in [1.165, 1.54) is 12.8 Å². The lowest BCUT2D eigenvalue weighted by Crippen LogP contribution is -2.37. The first-order valence-electron chi connectivity index (χ1n) is 5.85. The Morgan fingerprint density at radius 2 is 2.27 bits per heavy atom. The van der Waals surface area contributed by atoms with Gasteiger partial charge in [0.25, 0.3) is 0 Å². The van der Waals surface area contributed by atoms with Gasteiger partial charge in [0, 0.05) is 18.8 Å². The van der Waals surface area contributed by atoms with Crippen LogP contribution in [0.15, 0.2) is 12.4 Å². The zero-order valence-corrected chi connectivity index (χ0v) is 9.56. The highest BCUT2D eigenvalue weighted by Crippen LogP contribution is 2.35. The highest BCUT2D eigenvalue weighted by molar-refractivity contribution is 4.88. The lowest BCUT2D eigenvalue weighted by Gasteiger charge is -2.21. The summed E-state index contributed by atoms with van der Waals surface area (Å²) in [6.45, 7) is 6.50. The van der Waals surface area contributed by atoms with Crippen molar-refractivity contribution in [3.63, 3.8) is 0 Å². The molecule has 0 saturated heterocycles. The third-order valence-corrected chi connectivity index (χ3v) is 3.04. The monoisotopic (exact) mass is 208 g/mol. The van der Waals surface area contributed by atoms with Gasteiger partial charge in [0.2, 0.25) is 0 Å². The van der Waals surface area contributed by atoms with Crippen LogP contribution in [0, 0.1) is 11.8 Å². The van der Waals surface area contributed by atoms with Crippen LogP contribution in [0.4, 0.5) is 0 Å². The van der Waals surface area contributed by atoms with E-state index in [0.717, 1.165) is 24.9 Å². The molecule has 2 rings (SSSR count). The fourth-order valence-corrected chi connectivity index (χ4v) is 2.10. The molecule has 15 heavy (non-hydrogen) atoms. The van der Waals surface area contributed by atoms with Gasteiger partial charge in [-0.25, -0.2) is 0 Å². The molecule has 0 aliphatic heterocycles. The van der Waals surface area contributed by atoms with E-state index >= 15 is 0 Å². The maximum atomic E-state index is 3.95. The Kier molecular flexibility index (Phi) is 3.36. The van der Waals surface area contributed by atoms with Gasteiger partial charge in [-0.15, -0.1) is 5.10 Å². The van der Waals surface area contributed by atoms with Crippen LogP contribution in [0.1, 0.15) is 26.7 Å². The highest BCUT2D eigenvalue weighted by atomic mass is 15.4. The molecule has 4 heteroatoms. The van der Waals surface area contributed by atoms with E-state index < -0.39 is 0 Å². The summed E-state index contributed by atoms with van der Waals surface area (Å²) in [5.74, 6) is 1.65. The van der Waals surface area contributed by atoms with Crippen LogP contribution in [-0.4, -0.2) is 27.6 Å². The van der Waals surface area contributed by atoms with Crippen LogP contribution >= 0.6 is 0 Å². The summed E-state index contributed by atoms with van der Waals surface area (Å²) in [7, 11) is 0. The lowest BCUT2D eigenvalue weighted by molar-refractivity contribution is 0.350. The molecule has 0 radical (unpaired) electrons. The van der Waals surface area contributed by atoms with E-state index in [4.69, 9.17) is 0 Å². The van der Waals surface area contributed by atoms with E-state index in [2.05, 4.69) is 29.5 Å². The van der Waals surface area contributed by atoms with Crippen LogP contribution < -0.4 is 5.32 Å². The predicted molar refractivity (Wildman–Crippen MR) is 59.4 cm³/mol. The van der Waals surface area contributed by atoms with E-state index in [9.17, 15) is 0 Å². The Labute approximate surface area is 91.1 Å². The molecule has 1 aliphatic carbocycles. The van der Waals surface area contributed by atoms with Crippen molar-refractivity contribution in [2.45, 2.75) is 39.3 Å². The molecule has 1 atom stereocenters. The maximum Gasteiger partial charge on any atom is 0.0692 e. The average molecular weight is 208 g/mol. The Morgan fingerprint density at radius 3 is 2.80 bits per heavy atom. The summed E-state index contributed by atoms with van der Waals surface area (Å²) in [6, 6.07) is 0.688. The molecule has 1 aromatic heterocycles. The number of rotatable bonds is 6. The van der Waals surface area contributed by atoms with Gasteiger partial charge in [-0.05, 0) is 24.7 Å². The van der Waals surface area contributed by atoms with Crippen LogP contribution in [-0.2, 0) is 6.54 Å². The third kappa shape index (κ3) is 3.02. The molecule has 1 saturated carbocycles. The number of aromatic nitrogens is 3. The smallest absolute Gasteiger partial charge is 0.0692 e. The minimum Gasteiger partial charge on any atom is -0.312 e. The van der Waals surface area contributed by atoms with Crippen molar-refractivity contribution in [1.29, 1.82) is 0 Å². The molecule has 4 nitrogen and oxygen atoms in total. The van der Waals surface area contributed by atoms with Gasteiger partial charge in [0.05, 0.1) is 12.7 Å². The molecule has 1 heterocycles. The van der Waals surface area contributed by atoms with Gasteiger partial charge in [0.15, 0.2) is 0 Å². The Morgan fingerprint density at radius 1 is 1.47 bits per heavy atom. The number of hydrogen-bond acceptors (Lipinski definition) is 3. The molecular weight excluding hydrogens is 188 g/mol. The van der Waals surface area contributed by atoms with E-state index in [0.29, 0.717) is 6.04 Å². The normalized spacial score (nSPS) is 18.3. The van der Waals surface area contributed by atoms with Crippen molar-refractivity contribution >= 4 is 0 Å². The van der Waals surface area contributed by atoms with E-state index in [-0.39, 0.29) is 0 Å². The number of hydrogen-bond donors (Lipinski definition) is 1. The first-order valence-corrected chi connectivity index (χ1v) is 5.85. The van der Waals surface area contributed by atoms with Crippen molar-refractivity contribution in [3.05, 3.63) is 12.4 Å². The zero-order chi connectivity index (χ0) is 10.7. The molecule has 1 aromatic rings. The van der Waals surface area contributed by atoms with Crippen molar-refractivity contribution in [3.8, 4) is 0 Å². The molecule has 1 aliphatic rings. The average Bonchev–Trinajstić information content (AvgIpc) is 2.89. The largest absolute Gasteiger partial charge is 0.312 e. The van der Waals surface area contributed by atoms with E-state index in [1.807, 2.05) is 10.9 Å². The molecule has 1 unspecified atom stereocenters. The van der Waals surface area contributed by atoms with Crippen LogP contribution in [0.2, 0.25) is 0 Å². The Bertz CT molecular complexity index is 275. The molecule has 0 amide bonds. The molecule has 84 valence electrons. The zero-order valence-electron chi connectivity index (χ0n) is 9.56. The SMILES string of the molecule is CC(C)C(NCCn1ccnn1)C1CC1. The minimum atomic E-state index is 0.688. The van der Waals surface area contributed by atoms with Crippen molar-refractivity contribution in [2.75, 3.05) is 6.54 Å². The second kappa shape index (κ2) is 4.75. The summed E-state index contributed by atoms with van der Waals surface area (Å²) < 4.78 is 1.87. The van der Waals surface area contributed by atoms with Gasteiger partial charge < -0.3 is 5.32 Å². The second-order valence-electron chi connectivity index (χ2n) is 4.73.